The first-order valence-corrected chi connectivity index (χ1v) is 9.57. The number of nitrogens with two attached hydrogens (primary N) is 1. The highest BCUT2D eigenvalue weighted by molar-refractivity contribution is 5.85. The monoisotopic (exact) mass is 433 g/mol. The minimum Gasteiger partial charge on any atom is -0.497 e. The molecule has 6 nitrogen and oxygen atoms in total. The zero-order chi connectivity index (χ0) is 18.5. The number of benzene rings is 1. The van der Waals surface area contributed by atoms with Gasteiger partial charge in [0.15, 0.2) is 0 Å². The highest BCUT2D eigenvalue weighted by atomic mass is 35.5. The average Bonchev–Trinajstić information content (AvgIpc) is 3.30. The summed E-state index contributed by atoms with van der Waals surface area (Å²) in [6.45, 7) is 3.31. The standard InChI is InChI=1S/C20H31N3O3.2ClH/c1-25-17-8-14(9-18(10-17)26-2)12-23-7-6-16(13-23)22-20(24)19-5-3-4-15(19)11-21;;/h8-10,15-16,19H,3-7,11-13,21H2,1-2H3,(H,22,24);2*1H/t15-,16?,19-;;/m1../s1. The fraction of sp³-hybridized carbons (Fsp3) is 0.650. The van der Waals surface area contributed by atoms with Crippen molar-refractivity contribution >= 4 is 30.7 Å². The Morgan fingerprint density at radius 2 is 1.82 bits per heavy atom. The third-order valence-electron chi connectivity index (χ3n) is 5.73. The lowest BCUT2D eigenvalue weighted by Crippen LogP contribution is -2.42. The molecule has 1 saturated heterocycles. The molecule has 3 atom stereocenters. The van der Waals surface area contributed by atoms with Gasteiger partial charge in [-0.25, -0.2) is 0 Å². The van der Waals surface area contributed by atoms with Gasteiger partial charge in [-0.2, -0.15) is 0 Å². The van der Waals surface area contributed by atoms with E-state index in [4.69, 9.17) is 15.2 Å². The number of amides is 1. The number of ether oxygens (including phenoxy) is 2. The van der Waals surface area contributed by atoms with Crippen LogP contribution >= 0.6 is 24.8 Å². The normalized spacial score (nSPS) is 24.2. The Morgan fingerprint density at radius 3 is 2.43 bits per heavy atom. The first kappa shape index (κ1) is 24.8. The predicted molar refractivity (Wildman–Crippen MR) is 116 cm³/mol. The molecule has 1 heterocycles. The van der Waals surface area contributed by atoms with E-state index in [9.17, 15) is 4.79 Å². The predicted octanol–water partition coefficient (Wildman–Crippen LogP) is 2.61. The summed E-state index contributed by atoms with van der Waals surface area (Å²) in [5.74, 6) is 2.27. The second-order valence-electron chi connectivity index (χ2n) is 7.48. The molecule has 0 bridgehead atoms. The van der Waals surface area contributed by atoms with Crippen LogP contribution in [-0.4, -0.2) is 50.7 Å². The van der Waals surface area contributed by atoms with Crippen molar-refractivity contribution in [1.82, 2.24) is 10.2 Å². The van der Waals surface area contributed by atoms with Crippen molar-refractivity contribution in [2.24, 2.45) is 17.6 Å². The van der Waals surface area contributed by atoms with Crippen molar-refractivity contribution in [2.75, 3.05) is 33.9 Å². The Hall–Kier alpha value is -1.21. The molecule has 3 N–H and O–H groups in total. The smallest absolute Gasteiger partial charge is 0.223 e. The van der Waals surface area contributed by atoms with Crippen LogP contribution in [0.25, 0.3) is 0 Å². The maximum absolute atomic E-state index is 12.6. The third kappa shape index (κ3) is 6.14. The van der Waals surface area contributed by atoms with E-state index in [1.807, 2.05) is 18.2 Å². The van der Waals surface area contributed by atoms with E-state index in [-0.39, 0.29) is 42.7 Å². The van der Waals surface area contributed by atoms with Crippen molar-refractivity contribution in [1.29, 1.82) is 0 Å². The molecule has 160 valence electrons. The fourth-order valence-corrected chi connectivity index (χ4v) is 4.28. The number of rotatable bonds is 7. The lowest BCUT2D eigenvalue weighted by atomic mass is 9.95. The molecule has 1 unspecified atom stereocenters. The van der Waals surface area contributed by atoms with Crippen LogP contribution in [0.3, 0.4) is 0 Å². The first-order valence-electron chi connectivity index (χ1n) is 9.57. The molecule has 8 heteroatoms. The molecule has 0 aromatic heterocycles. The van der Waals surface area contributed by atoms with Gasteiger partial charge in [-0.1, -0.05) is 6.42 Å². The summed E-state index contributed by atoms with van der Waals surface area (Å²) in [4.78, 5) is 15.0. The van der Waals surface area contributed by atoms with Gasteiger partial charge in [-0.05, 0) is 49.4 Å². The summed E-state index contributed by atoms with van der Waals surface area (Å²) in [5.41, 5.74) is 6.98. The molecule has 2 fully saturated rings. The van der Waals surface area contributed by atoms with E-state index >= 15 is 0 Å². The van der Waals surface area contributed by atoms with E-state index in [2.05, 4.69) is 10.2 Å². The van der Waals surface area contributed by atoms with E-state index in [1.165, 1.54) is 0 Å². The van der Waals surface area contributed by atoms with Gasteiger partial charge in [0.1, 0.15) is 11.5 Å². The second kappa shape index (κ2) is 11.7. The van der Waals surface area contributed by atoms with Crippen LogP contribution in [0.4, 0.5) is 0 Å². The Labute approximate surface area is 180 Å². The zero-order valence-electron chi connectivity index (χ0n) is 16.7. The van der Waals surface area contributed by atoms with Crippen LogP contribution in [0.5, 0.6) is 11.5 Å². The number of likely N-dealkylation sites (tertiary alicyclic amines) is 1. The molecule has 1 amide bonds. The van der Waals surface area contributed by atoms with Gasteiger partial charge in [0, 0.05) is 37.7 Å². The quantitative estimate of drug-likeness (QED) is 0.690. The molecule has 1 aliphatic heterocycles. The van der Waals surface area contributed by atoms with Crippen LogP contribution in [0.1, 0.15) is 31.2 Å². The molecular formula is C20H33Cl2N3O3. The molecule has 1 aromatic carbocycles. The maximum Gasteiger partial charge on any atom is 0.223 e. The molecule has 1 saturated carbocycles. The number of hydrogen-bond donors (Lipinski definition) is 2. The zero-order valence-corrected chi connectivity index (χ0v) is 18.3. The molecule has 1 aliphatic carbocycles. The van der Waals surface area contributed by atoms with Gasteiger partial charge in [-0.15, -0.1) is 24.8 Å². The molecule has 3 rings (SSSR count). The van der Waals surface area contributed by atoms with Gasteiger partial charge >= 0.3 is 0 Å². The lowest BCUT2D eigenvalue weighted by Gasteiger charge is -2.21. The van der Waals surface area contributed by atoms with Crippen LogP contribution in [0.2, 0.25) is 0 Å². The maximum atomic E-state index is 12.6. The van der Waals surface area contributed by atoms with E-state index in [1.54, 1.807) is 14.2 Å². The number of halogens is 2. The van der Waals surface area contributed by atoms with Gasteiger partial charge in [-0.3, -0.25) is 9.69 Å². The minimum absolute atomic E-state index is 0. The second-order valence-corrected chi connectivity index (χ2v) is 7.48. The van der Waals surface area contributed by atoms with Crippen LogP contribution in [-0.2, 0) is 11.3 Å². The summed E-state index contributed by atoms with van der Waals surface area (Å²) in [7, 11) is 3.33. The van der Waals surface area contributed by atoms with Crippen molar-refractivity contribution in [3.05, 3.63) is 23.8 Å². The Balaban J connectivity index is 0.00000196. The highest BCUT2D eigenvalue weighted by Gasteiger charge is 2.34. The molecule has 0 radical (unpaired) electrons. The van der Waals surface area contributed by atoms with Crippen molar-refractivity contribution in [3.63, 3.8) is 0 Å². The summed E-state index contributed by atoms with van der Waals surface area (Å²) < 4.78 is 10.7. The van der Waals surface area contributed by atoms with E-state index in [0.717, 1.165) is 62.4 Å². The Kier molecular flexibility index (Phi) is 10.4. The van der Waals surface area contributed by atoms with Gasteiger partial charge in [0.05, 0.1) is 14.2 Å². The van der Waals surface area contributed by atoms with E-state index in [0.29, 0.717) is 12.5 Å². The number of nitrogens with zero attached hydrogens (tertiary/aromatic N) is 1. The molecule has 1 aromatic rings. The largest absolute Gasteiger partial charge is 0.497 e. The minimum atomic E-state index is 0. The number of nitrogens with one attached hydrogen (secondary N) is 1. The number of methoxy groups -OCH3 is 2. The van der Waals surface area contributed by atoms with Crippen LogP contribution in [0.15, 0.2) is 18.2 Å². The van der Waals surface area contributed by atoms with Gasteiger partial charge < -0.3 is 20.5 Å². The topological polar surface area (TPSA) is 76.8 Å². The average molecular weight is 434 g/mol. The summed E-state index contributed by atoms with van der Waals surface area (Å²) in [6, 6.07) is 6.19. The molecular weight excluding hydrogens is 401 g/mol. The molecule has 28 heavy (non-hydrogen) atoms. The van der Waals surface area contributed by atoms with Crippen molar-refractivity contribution in [2.45, 2.75) is 38.3 Å². The van der Waals surface area contributed by atoms with Crippen LogP contribution < -0.4 is 20.5 Å². The molecule has 2 aliphatic rings. The molecule has 0 spiro atoms. The van der Waals surface area contributed by atoms with Crippen molar-refractivity contribution < 1.29 is 14.3 Å². The van der Waals surface area contributed by atoms with Gasteiger partial charge in [0.25, 0.3) is 0 Å². The first-order chi connectivity index (χ1) is 12.6. The highest BCUT2D eigenvalue weighted by Crippen LogP contribution is 2.31. The number of carbonyl (C=O) groups is 1. The SMILES string of the molecule is COc1cc(CN2CCC(NC(=O)[C@@H]3CCC[C@@H]3CN)C2)cc(OC)c1.Cl.Cl. The van der Waals surface area contributed by atoms with Crippen LogP contribution in [0, 0.1) is 11.8 Å². The summed E-state index contributed by atoms with van der Waals surface area (Å²) in [6.07, 6.45) is 4.18. The lowest BCUT2D eigenvalue weighted by molar-refractivity contribution is -0.126. The van der Waals surface area contributed by atoms with Gasteiger partial charge in [0.2, 0.25) is 5.91 Å². The number of carbonyl (C=O) groups excluding carboxylic acids is 1. The fourth-order valence-electron chi connectivity index (χ4n) is 4.28. The summed E-state index contributed by atoms with van der Waals surface area (Å²) in [5, 5.41) is 3.26. The van der Waals surface area contributed by atoms with Crippen molar-refractivity contribution in [3.8, 4) is 11.5 Å². The summed E-state index contributed by atoms with van der Waals surface area (Å²) >= 11 is 0. The third-order valence-corrected chi connectivity index (χ3v) is 5.73. The number of hydrogen-bond acceptors (Lipinski definition) is 5. The Morgan fingerprint density at radius 1 is 1.14 bits per heavy atom. The van der Waals surface area contributed by atoms with E-state index < -0.39 is 0 Å². The Bertz CT molecular complexity index is 610.